The van der Waals surface area contributed by atoms with Crippen LogP contribution in [0.5, 0.6) is 0 Å². The maximum absolute atomic E-state index is 13.6. The van der Waals surface area contributed by atoms with E-state index in [1.54, 1.807) is 4.90 Å². The van der Waals surface area contributed by atoms with Crippen molar-refractivity contribution in [1.82, 2.24) is 0 Å². The molecule has 94 valence electrons. The van der Waals surface area contributed by atoms with Crippen LogP contribution in [0.3, 0.4) is 0 Å². The number of benzene rings is 1. The summed E-state index contributed by atoms with van der Waals surface area (Å²) in [5.74, 6) is -0.818. The molecule has 1 fully saturated rings. The fourth-order valence-electron chi connectivity index (χ4n) is 1.88. The predicted octanol–water partition coefficient (Wildman–Crippen LogP) is 3.82. The van der Waals surface area contributed by atoms with Gasteiger partial charge in [0.05, 0.1) is 11.3 Å². The molecular weight excluding hydrogens is 302 g/mol. The van der Waals surface area contributed by atoms with Crippen LogP contribution in [0.2, 0.25) is 0 Å². The van der Waals surface area contributed by atoms with E-state index in [0.717, 1.165) is 12.5 Å². The molecule has 1 aliphatic rings. The summed E-state index contributed by atoms with van der Waals surface area (Å²) in [6.07, 6.45) is -3.64. The van der Waals surface area contributed by atoms with Crippen molar-refractivity contribution in [3.63, 3.8) is 0 Å². The van der Waals surface area contributed by atoms with Gasteiger partial charge in [-0.05, 0) is 24.6 Å². The van der Waals surface area contributed by atoms with Crippen LogP contribution in [-0.4, -0.2) is 17.9 Å². The van der Waals surface area contributed by atoms with E-state index in [4.69, 9.17) is 0 Å². The van der Waals surface area contributed by atoms with Crippen molar-refractivity contribution in [3.05, 3.63) is 29.6 Å². The molecule has 2 rings (SSSR count). The van der Waals surface area contributed by atoms with Crippen molar-refractivity contribution in [2.45, 2.75) is 17.4 Å². The highest BCUT2D eigenvalue weighted by Crippen LogP contribution is 2.33. The second-order valence-corrected chi connectivity index (χ2v) is 5.29. The summed E-state index contributed by atoms with van der Waals surface area (Å²) in [6, 6.07) is 2.67. The largest absolute Gasteiger partial charge is 0.416 e. The average Bonchev–Trinajstić information content (AvgIpc) is 2.63. The summed E-state index contributed by atoms with van der Waals surface area (Å²) in [6.45, 7) is 1.26. The van der Waals surface area contributed by atoms with E-state index in [-0.39, 0.29) is 10.5 Å². The zero-order valence-electron chi connectivity index (χ0n) is 8.77. The highest BCUT2D eigenvalue weighted by atomic mass is 79.9. The van der Waals surface area contributed by atoms with Crippen LogP contribution >= 0.6 is 15.9 Å². The van der Waals surface area contributed by atoms with Crippen LogP contribution in [-0.2, 0) is 6.18 Å². The van der Waals surface area contributed by atoms with Gasteiger partial charge < -0.3 is 4.90 Å². The molecule has 1 nitrogen and oxygen atoms in total. The number of anilines is 1. The quantitative estimate of drug-likeness (QED) is 0.563. The van der Waals surface area contributed by atoms with Crippen molar-refractivity contribution in [2.75, 3.05) is 18.0 Å². The van der Waals surface area contributed by atoms with E-state index in [9.17, 15) is 17.6 Å². The monoisotopic (exact) mass is 311 g/mol. The van der Waals surface area contributed by atoms with Crippen molar-refractivity contribution in [2.24, 2.45) is 0 Å². The maximum Gasteiger partial charge on any atom is 0.416 e. The lowest BCUT2D eigenvalue weighted by Crippen LogP contribution is -2.21. The van der Waals surface area contributed by atoms with Crippen LogP contribution in [0.15, 0.2) is 18.2 Å². The minimum absolute atomic E-state index is 0.236. The van der Waals surface area contributed by atoms with E-state index >= 15 is 0 Å². The lowest BCUT2D eigenvalue weighted by Gasteiger charge is -2.19. The SMILES string of the molecule is Fc1cc(C(F)(F)F)ccc1N1CCC(Br)C1. The third kappa shape index (κ3) is 2.73. The second kappa shape index (κ2) is 4.48. The molecule has 0 spiro atoms. The molecule has 0 aliphatic carbocycles. The zero-order valence-corrected chi connectivity index (χ0v) is 10.4. The zero-order chi connectivity index (χ0) is 12.6. The Bertz CT molecular complexity index is 418. The van der Waals surface area contributed by atoms with Gasteiger partial charge in [-0.3, -0.25) is 0 Å². The first-order valence-electron chi connectivity index (χ1n) is 5.13. The number of nitrogens with zero attached hydrogens (tertiary/aromatic N) is 1. The van der Waals surface area contributed by atoms with Gasteiger partial charge in [0.15, 0.2) is 0 Å². The molecule has 0 aromatic heterocycles. The topological polar surface area (TPSA) is 3.24 Å². The van der Waals surface area contributed by atoms with Crippen LogP contribution < -0.4 is 4.90 Å². The highest BCUT2D eigenvalue weighted by Gasteiger charge is 2.32. The molecule has 0 bridgehead atoms. The third-order valence-electron chi connectivity index (χ3n) is 2.75. The van der Waals surface area contributed by atoms with E-state index in [0.29, 0.717) is 19.2 Å². The van der Waals surface area contributed by atoms with Crippen molar-refractivity contribution in [1.29, 1.82) is 0 Å². The van der Waals surface area contributed by atoms with Crippen molar-refractivity contribution in [3.8, 4) is 0 Å². The van der Waals surface area contributed by atoms with Crippen LogP contribution in [0.25, 0.3) is 0 Å². The van der Waals surface area contributed by atoms with Gasteiger partial charge in [0.1, 0.15) is 5.82 Å². The molecule has 17 heavy (non-hydrogen) atoms. The van der Waals surface area contributed by atoms with Gasteiger partial charge in [-0.15, -0.1) is 0 Å². The average molecular weight is 312 g/mol. The fraction of sp³-hybridized carbons (Fsp3) is 0.455. The van der Waals surface area contributed by atoms with E-state index in [2.05, 4.69) is 15.9 Å². The molecule has 1 aliphatic heterocycles. The van der Waals surface area contributed by atoms with Crippen LogP contribution in [0, 0.1) is 5.82 Å². The van der Waals surface area contributed by atoms with Crippen LogP contribution in [0.1, 0.15) is 12.0 Å². The minimum Gasteiger partial charge on any atom is -0.368 e. The van der Waals surface area contributed by atoms with Crippen molar-refractivity contribution < 1.29 is 17.6 Å². The van der Waals surface area contributed by atoms with Gasteiger partial charge in [0.2, 0.25) is 0 Å². The number of alkyl halides is 4. The Kier molecular flexibility index (Phi) is 3.34. The third-order valence-corrected chi connectivity index (χ3v) is 3.49. The summed E-state index contributed by atoms with van der Waals surface area (Å²) in [7, 11) is 0. The lowest BCUT2D eigenvalue weighted by molar-refractivity contribution is -0.137. The molecule has 0 saturated carbocycles. The Morgan fingerprint density at radius 1 is 1.29 bits per heavy atom. The Labute approximate surface area is 105 Å². The predicted molar refractivity (Wildman–Crippen MR) is 60.9 cm³/mol. The Balaban J connectivity index is 2.26. The summed E-state index contributed by atoms with van der Waals surface area (Å²) in [5, 5.41) is 0. The molecule has 1 aromatic rings. The first kappa shape index (κ1) is 12.7. The molecule has 6 heteroatoms. The summed E-state index contributed by atoms with van der Waals surface area (Å²) >= 11 is 3.40. The van der Waals surface area contributed by atoms with E-state index in [1.807, 2.05) is 0 Å². The van der Waals surface area contributed by atoms with Crippen molar-refractivity contribution >= 4 is 21.6 Å². The van der Waals surface area contributed by atoms with E-state index in [1.165, 1.54) is 6.07 Å². The van der Waals surface area contributed by atoms with Gasteiger partial charge in [-0.2, -0.15) is 13.2 Å². The van der Waals surface area contributed by atoms with Gasteiger partial charge >= 0.3 is 6.18 Å². The molecule has 0 N–H and O–H groups in total. The number of hydrogen-bond acceptors (Lipinski definition) is 1. The normalized spacial score (nSPS) is 21.0. The first-order valence-corrected chi connectivity index (χ1v) is 6.05. The number of rotatable bonds is 1. The molecule has 0 radical (unpaired) electrons. The summed E-state index contributed by atoms with van der Waals surface area (Å²) in [5.41, 5.74) is -0.715. The lowest BCUT2D eigenvalue weighted by atomic mass is 10.2. The fourth-order valence-corrected chi connectivity index (χ4v) is 2.43. The molecule has 1 aromatic carbocycles. The van der Waals surface area contributed by atoms with Crippen LogP contribution in [0.4, 0.5) is 23.2 Å². The first-order chi connectivity index (χ1) is 7.88. The molecule has 1 saturated heterocycles. The smallest absolute Gasteiger partial charge is 0.368 e. The molecule has 1 heterocycles. The number of hydrogen-bond donors (Lipinski definition) is 0. The van der Waals surface area contributed by atoms with E-state index < -0.39 is 17.6 Å². The second-order valence-electron chi connectivity index (χ2n) is 4.00. The standard InChI is InChI=1S/C11H10BrF4N/c12-8-3-4-17(6-8)10-2-1-7(5-9(10)13)11(14,15)16/h1-2,5,8H,3-4,6H2. The Hall–Kier alpha value is -0.780. The van der Waals surface area contributed by atoms with Gasteiger partial charge in [-0.1, -0.05) is 15.9 Å². The van der Waals surface area contributed by atoms with Gasteiger partial charge in [-0.25, -0.2) is 4.39 Å². The molecule has 1 unspecified atom stereocenters. The Morgan fingerprint density at radius 3 is 2.47 bits per heavy atom. The highest BCUT2D eigenvalue weighted by molar-refractivity contribution is 9.09. The summed E-state index contributed by atoms with van der Waals surface area (Å²) in [4.78, 5) is 2.01. The minimum atomic E-state index is -4.50. The maximum atomic E-state index is 13.6. The van der Waals surface area contributed by atoms with Gasteiger partial charge in [0, 0.05) is 17.9 Å². The molecule has 1 atom stereocenters. The number of halogens is 5. The molecule has 0 amide bonds. The molecular formula is C11H10BrF4N. The van der Waals surface area contributed by atoms with Gasteiger partial charge in [0.25, 0.3) is 0 Å². The summed E-state index contributed by atoms with van der Waals surface area (Å²) < 4.78 is 50.7. The Morgan fingerprint density at radius 2 is 2.00 bits per heavy atom.